The molecule has 0 radical (unpaired) electrons. The average Bonchev–Trinajstić information content (AvgIpc) is 3.36. The van der Waals surface area contributed by atoms with Gasteiger partial charge in [0, 0.05) is 35.7 Å². The monoisotopic (exact) mass is 624 g/mol. The number of ether oxygens (including phenoxy) is 3. The van der Waals surface area contributed by atoms with Crippen LogP contribution in [0.4, 0.5) is 8.78 Å². The van der Waals surface area contributed by atoms with E-state index in [4.69, 9.17) is 42.5 Å². The summed E-state index contributed by atoms with van der Waals surface area (Å²) in [6.07, 6.45) is -1.23. The molecule has 0 saturated carbocycles. The first-order chi connectivity index (χ1) is 20.0. The van der Waals surface area contributed by atoms with Crippen LogP contribution >= 0.6 is 23.2 Å². The van der Waals surface area contributed by atoms with E-state index >= 15 is 0 Å². The van der Waals surface area contributed by atoms with Crippen molar-refractivity contribution in [3.8, 4) is 17.2 Å². The van der Waals surface area contributed by atoms with E-state index in [1.165, 1.54) is 26.4 Å². The molecule has 0 unspecified atom stereocenters. The lowest BCUT2D eigenvalue weighted by molar-refractivity contribution is -0.139. The first-order valence-electron chi connectivity index (χ1n) is 13.2. The Morgan fingerprint density at radius 2 is 1.83 bits per heavy atom. The summed E-state index contributed by atoms with van der Waals surface area (Å²) >= 11 is 11.9. The molecule has 10 nitrogen and oxygen atoms in total. The Morgan fingerprint density at radius 3 is 2.48 bits per heavy atom. The first kappa shape index (κ1) is 30.0. The summed E-state index contributed by atoms with van der Waals surface area (Å²) in [4.78, 5) is 26.3. The summed E-state index contributed by atoms with van der Waals surface area (Å²) in [5.41, 5.74) is 1.14. The number of methoxy groups -OCH3 is 2. The van der Waals surface area contributed by atoms with Crippen LogP contribution in [0.5, 0.6) is 11.5 Å². The number of aliphatic carboxylic acids is 1. The average molecular weight is 625 g/mol. The van der Waals surface area contributed by atoms with E-state index in [1.807, 2.05) is 0 Å². The molecule has 0 aliphatic carbocycles. The summed E-state index contributed by atoms with van der Waals surface area (Å²) in [5, 5.41) is 13.3. The fourth-order valence-corrected chi connectivity index (χ4v) is 5.89. The summed E-state index contributed by atoms with van der Waals surface area (Å²) in [6.45, 7) is 0.730. The van der Waals surface area contributed by atoms with Crippen LogP contribution in [0.1, 0.15) is 60.7 Å². The Labute approximate surface area is 250 Å². The molecule has 2 atom stereocenters. The maximum atomic E-state index is 14.6. The van der Waals surface area contributed by atoms with Gasteiger partial charge in [-0.3, -0.25) is 14.2 Å². The Bertz CT molecular complexity index is 1490. The number of benzene rings is 2. The highest BCUT2D eigenvalue weighted by Gasteiger charge is 2.43. The van der Waals surface area contributed by atoms with Gasteiger partial charge < -0.3 is 24.2 Å². The molecule has 1 saturated heterocycles. The molecule has 2 aliphatic rings. The lowest BCUT2D eigenvalue weighted by atomic mass is 9.93. The largest absolute Gasteiger partial charge is 0.493 e. The molecule has 42 heavy (non-hydrogen) atoms. The van der Waals surface area contributed by atoms with Crippen LogP contribution in [0.3, 0.4) is 0 Å². The molecular weight excluding hydrogens is 597 g/mol. The van der Waals surface area contributed by atoms with Gasteiger partial charge >= 0.3 is 11.4 Å². The Balaban J connectivity index is 1.59. The summed E-state index contributed by atoms with van der Waals surface area (Å²) in [7, 11) is 2.95. The third kappa shape index (κ3) is 5.88. The Hall–Kier alpha value is -3.48. The fourth-order valence-electron chi connectivity index (χ4n) is 5.58. The summed E-state index contributed by atoms with van der Waals surface area (Å²) in [5.74, 6) is -1.32. The topological polar surface area (TPSA) is 116 Å². The zero-order chi connectivity index (χ0) is 30.2. The number of para-hydroxylation sites is 1. The zero-order valence-corrected chi connectivity index (χ0v) is 24.2. The van der Waals surface area contributed by atoms with Crippen molar-refractivity contribution in [2.24, 2.45) is 5.92 Å². The molecule has 2 aliphatic heterocycles. The van der Waals surface area contributed by atoms with Crippen molar-refractivity contribution < 1.29 is 37.7 Å². The number of amides is 1. The lowest BCUT2D eigenvalue weighted by Gasteiger charge is -2.32. The molecule has 1 amide bonds. The maximum Gasteiger partial charge on any atom is 0.382 e. The Morgan fingerprint density at radius 1 is 1.10 bits per heavy atom. The fraction of sp³-hybridized carbons (Fsp3) is 0.429. The number of hydrogen-bond donors (Lipinski definition) is 1. The van der Waals surface area contributed by atoms with Gasteiger partial charge in [-0.1, -0.05) is 23.7 Å². The molecule has 14 heteroatoms. The van der Waals surface area contributed by atoms with Gasteiger partial charge in [0.25, 0.3) is 0 Å². The maximum absolute atomic E-state index is 14.6. The van der Waals surface area contributed by atoms with Crippen molar-refractivity contribution in [1.29, 1.82) is 0 Å². The van der Waals surface area contributed by atoms with E-state index < -0.39 is 29.4 Å². The number of carboxylic acid groups (broad SMARTS) is 1. The standard InChI is InChI=1S/C28H28Cl2F2N4O6/c1-40-20-5-3-4-17(25(20)41-2)24-18-13-16(29)6-7-19(18)36-26(33-34-27(36)28(30,31)32)21(42-24)14-22(37)35-10-8-15(9-11-35)12-23(38)39/h3-7,13,15,21,24H,8-12,14H2,1-2H3,(H,38,39)/t21-,24-/m1/s1. The van der Waals surface area contributed by atoms with Gasteiger partial charge in [0.2, 0.25) is 11.7 Å². The smallest absolute Gasteiger partial charge is 0.382 e. The molecule has 1 aromatic heterocycles. The minimum Gasteiger partial charge on any atom is -0.493 e. The van der Waals surface area contributed by atoms with Gasteiger partial charge in [-0.05, 0) is 54.6 Å². The molecule has 1 N–H and O–H groups in total. The van der Waals surface area contributed by atoms with E-state index in [0.29, 0.717) is 53.6 Å². The molecule has 0 bridgehead atoms. The first-order valence-corrected chi connectivity index (χ1v) is 14.0. The molecule has 0 spiro atoms. The van der Waals surface area contributed by atoms with Gasteiger partial charge in [-0.2, -0.15) is 8.78 Å². The minimum absolute atomic E-state index is 0.0264. The van der Waals surface area contributed by atoms with Crippen LogP contribution in [-0.2, 0) is 19.7 Å². The normalized spacial score (nSPS) is 19.0. The number of likely N-dealkylation sites (tertiary alicyclic amines) is 1. The SMILES string of the molecule is COc1cccc([C@H]2O[C@H](CC(=O)N3CCC(CC(=O)O)CC3)c3nnc(C(F)(F)Cl)n3-c3ccc(Cl)cc32)c1OC. The van der Waals surface area contributed by atoms with Crippen molar-refractivity contribution in [1.82, 2.24) is 19.7 Å². The lowest BCUT2D eigenvalue weighted by Crippen LogP contribution is -2.39. The van der Waals surface area contributed by atoms with Crippen LogP contribution in [0.2, 0.25) is 5.02 Å². The highest BCUT2D eigenvalue weighted by atomic mass is 35.5. The third-order valence-corrected chi connectivity index (χ3v) is 7.95. The van der Waals surface area contributed by atoms with Crippen molar-refractivity contribution in [3.63, 3.8) is 0 Å². The van der Waals surface area contributed by atoms with E-state index in [-0.39, 0.29) is 36.2 Å². The van der Waals surface area contributed by atoms with Crippen LogP contribution in [0, 0.1) is 5.92 Å². The van der Waals surface area contributed by atoms with E-state index in [2.05, 4.69) is 10.2 Å². The molecule has 3 aromatic rings. The highest BCUT2D eigenvalue weighted by Crippen LogP contribution is 2.47. The van der Waals surface area contributed by atoms with Crippen LogP contribution in [-0.4, -0.2) is 64.0 Å². The molecule has 5 rings (SSSR count). The number of halogens is 4. The summed E-state index contributed by atoms with van der Waals surface area (Å²) in [6, 6.07) is 9.83. The molecule has 224 valence electrons. The van der Waals surface area contributed by atoms with Crippen LogP contribution in [0.15, 0.2) is 36.4 Å². The van der Waals surface area contributed by atoms with Crippen molar-refractivity contribution >= 4 is 35.1 Å². The Kier molecular flexibility index (Phi) is 8.58. The van der Waals surface area contributed by atoms with Crippen LogP contribution < -0.4 is 9.47 Å². The number of rotatable bonds is 8. The number of carbonyl (C=O) groups excluding carboxylic acids is 1. The predicted molar refractivity (Wildman–Crippen MR) is 148 cm³/mol. The minimum atomic E-state index is -3.89. The highest BCUT2D eigenvalue weighted by molar-refractivity contribution is 6.30. The van der Waals surface area contributed by atoms with Crippen molar-refractivity contribution in [2.45, 2.75) is 43.3 Å². The number of piperidine rings is 1. The zero-order valence-electron chi connectivity index (χ0n) is 22.7. The number of carbonyl (C=O) groups is 2. The molecule has 2 aromatic carbocycles. The van der Waals surface area contributed by atoms with E-state index in [1.54, 1.807) is 29.2 Å². The second-order valence-electron chi connectivity index (χ2n) is 10.1. The number of carboxylic acids is 1. The predicted octanol–water partition coefficient (Wildman–Crippen LogP) is 5.49. The number of aromatic nitrogens is 3. The second kappa shape index (κ2) is 12.0. The number of nitrogens with zero attached hydrogens (tertiary/aromatic N) is 4. The number of alkyl halides is 3. The molecule has 1 fully saturated rings. The van der Waals surface area contributed by atoms with E-state index in [0.717, 1.165) is 4.57 Å². The van der Waals surface area contributed by atoms with Crippen molar-refractivity contribution in [3.05, 3.63) is 64.2 Å². The van der Waals surface area contributed by atoms with Crippen LogP contribution in [0.25, 0.3) is 5.69 Å². The molecule has 3 heterocycles. The van der Waals surface area contributed by atoms with Gasteiger partial charge in [0.1, 0.15) is 12.2 Å². The summed E-state index contributed by atoms with van der Waals surface area (Å²) < 4.78 is 48.1. The van der Waals surface area contributed by atoms with Gasteiger partial charge in [0.15, 0.2) is 17.3 Å². The third-order valence-electron chi connectivity index (χ3n) is 7.55. The van der Waals surface area contributed by atoms with Gasteiger partial charge in [-0.15, -0.1) is 10.2 Å². The van der Waals surface area contributed by atoms with E-state index in [9.17, 15) is 18.4 Å². The number of fused-ring (bicyclic) bond motifs is 3. The van der Waals surface area contributed by atoms with Gasteiger partial charge in [-0.25, -0.2) is 0 Å². The number of hydrogen-bond acceptors (Lipinski definition) is 7. The van der Waals surface area contributed by atoms with Crippen molar-refractivity contribution in [2.75, 3.05) is 27.3 Å². The molecular formula is C28H28Cl2F2N4O6. The second-order valence-corrected chi connectivity index (χ2v) is 11.0. The van der Waals surface area contributed by atoms with Gasteiger partial charge in [0.05, 0.1) is 26.3 Å². The quantitative estimate of drug-likeness (QED) is 0.327.